The Morgan fingerprint density at radius 3 is 1.91 bits per heavy atom. The second kappa shape index (κ2) is 7.74. The lowest BCUT2D eigenvalue weighted by Crippen LogP contribution is -2.41. The summed E-state index contributed by atoms with van der Waals surface area (Å²) in [5.74, 6) is -0.163. The van der Waals surface area contributed by atoms with Crippen molar-refractivity contribution in [3.63, 3.8) is 0 Å². The molecule has 0 aromatic heterocycles. The van der Waals surface area contributed by atoms with E-state index in [2.05, 4.69) is 58.8 Å². The highest BCUT2D eigenvalue weighted by molar-refractivity contribution is 6.34. The van der Waals surface area contributed by atoms with Gasteiger partial charge in [0.25, 0.3) is 0 Å². The highest BCUT2D eigenvalue weighted by Gasteiger charge is 2.52. The molecule has 1 heterocycles. The molecule has 1 aliphatic carbocycles. The van der Waals surface area contributed by atoms with Crippen LogP contribution in [0.3, 0.4) is 0 Å². The molecular formula is C28H30ClNO2. The zero-order chi connectivity index (χ0) is 23.3. The normalized spacial score (nSPS) is 20.5. The molecule has 0 fully saturated rings. The molecule has 1 unspecified atom stereocenters. The van der Waals surface area contributed by atoms with Gasteiger partial charge < -0.3 is 4.84 Å². The van der Waals surface area contributed by atoms with Crippen LogP contribution < -0.4 is 0 Å². The summed E-state index contributed by atoms with van der Waals surface area (Å²) in [5.41, 5.74) is 2.59. The summed E-state index contributed by atoms with van der Waals surface area (Å²) in [5, 5.41) is 5.22. The Balaban J connectivity index is 1.99. The van der Waals surface area contributed by atoms with Crippen molar-refractivity contribution in [2.45, 2.75) is 53.1 Å². The first-order valence-corrected chi connectivity index (χ1v) is 11.4. The molecule has 2 aromatic rings. The number of oxime groups is 1. The van der Waals surface area contributed by atoms with E-state index in [1.807, 2.05) is 54.6 Å². The zero-order valence-electron chi connectivity index (χ0n) is 19.6. The molecule has 1 aliphatic heterocycles. The van der Waals surface area contributed by atoms with Gasteiger partial charge in [0.15, 0.2) is 11.4 Å². The van der Waals surface area contributed by atoms with E-state index in [4.69, 9.17) is 16.4 Å². The van der Waals surface area contributed by atoms with Crippen LogP contribution in [-0.2, 0) is 9.63 Å². The van der Waals surface area contributed by atoms with Gasteiger partial charge in [0.2, 0.25) is 0 Å². The van der Waals surface area contributed by atoms with Crippen molar-refractivity contribution < 1.29 is 9.63 Å². The Morgan fingerprint density at radius 1 is 0.844 bits per heavy atom. The maximum Gasteiger partial charge on any atom is 0.187 e. The van der Waals surface area contributed by atoms with E-state index in [1.54, 1.807) is 0 Å². The molecule has 0 saturated carbocycles. The minimum absolute atomic E-state index is 0.0808. The largest absolute Gasteiger partial charge is 0.379 e. The van der Waals surface area contributed by atoms with Crippen LogP contribution in [0.2, 0.25) is 5.02 Å². The molecule has 1 atom stereocenters. The zero-order valence-corrected chi connectivity index (χ0v) is 20.3. The average molecular weight is 448 g/mol. The lowest BCUT2D eigenvalue weighted by atomic mass is 9.65. The molecule has 0 N–H and O–H groups in total. The monoisotopic (exact) mass is 447 g/mol. The number of benzene rings is 2. The van der Waals surface area contributed by atoms with Crippen LogP contribution in [-0.4, -0.2) is 17.1 Å². The van der Waals surface area contributed by atoms with Gasteiger partial charge in [-0.3, -0.25) is 4.79 Å². The molecule has 2 aromatic carbocycles. The summed E-state index contributed by atoms with van der Waals surface area (Å²) in [6, 6.07) is 17.9. The van der Waals surface area contributed by atoms with Crippen LogP contribution in [0.4, 0.5) is 0 Å². The van der Waals surface area contributed by atoms with Crippen molar-refractivity contribution in [3.8, 4) is 0 Å². The van der Waals surface area contributed by atoms with Crippen LogP contribution in [0, 0.1) is 10.8 Å². The molecule has 3 nitrogen and oxygen atoms in total. The van der Waals surface area contributed by atoms with Crippen LogP contribution in [0.1, 0.15) is 58.6 Å². The van der Waals surface area contributed by atoms with Crippen molar-refractivity contribution in [3.05, 3.63) is 94.0 Å². The predicted molar refractivity (Wildman–Crippen MR) is 131 cm³/mol. The van der Waals surface area contributed by atoms with Crippen molar-refractivity contribution in [2.24, 2.45) is 16.0 Å². The first-order valence-electron chi connectivity index (χ1n) is 11.0. The van der Waals surface area contributed by atoms with Gasteiger partial charge >= 0.3 is 0 Å². The average Bonchev–Trinajstić information content (AvgIpc) is 3.07. The third kappa shape index (κ3) is 3.84. The van der Waals surface area contributed by atoms with E-state index in [0.717, 1.165) is 28.0 Å². The van der Waals surface area contributed by atoms with Crippen LogP contribution >= 0.6 is 11.6 Å². The smallest absolute Gasteiger partial charge is 0.187 e. The van der Waals surface area contributed by atoms with E-state index in [1.165, 1.54) is 0 Å². The van der Waals surface area contributed by atoms with E-state index in [0.29, 0.717) is 5.02 Å². The van der Waals surface area contributed by atoms with E-state index >= 15 is 0 Å². The Labute approximate surface area is 195 Å². The molecule has 0 amide bonds. The quantitative estimate of drug-likeness (QED) is 0.491. The molecule has 0 radical (unpaired) electrons. The number of nitrogens with zero attached hydrogens (tertiary/aromatic N) is 1. The van der Waals surface area contributed by atoms with Gasteiger partial charge in [-0.2, -0.15) is 0 Å². The molecule has 32 heavy (non-hydrogen) atoms. The second-order valence-corrected chi connectivity index (χ2v) is 11.1. The molecule has 0 saturated heterocycles. The fraction of sp³-hybridized carbons (Fsp3) is 0.357. The molecule has 4 heteroatoms. The summed E-state index contributed by atoms with van der Waals surface area (Å²) < 4.78 is 0. The third-order valence-corrected chi connectivity index (χ3v) is 6.48. The lowest BCUT2D eigenvalue weighted by molar-refractivity contribution is -0.114. The topological polar surface area (TPSA) is 38.7 Å². The molecular weight excluding hydrogens is 418 g/mol. The van der Waals surface area contributed by atoms with Gasteiger partial charge in [0.05, 0.1) is 5.92 Å². The summed E-state index contributed by atoms with van der Waals surface area (Å²) in [4.78, 5) is 19.9. The van der Waals surface area contributed by atoms with Gasteiger partial charge in [-0.05, 0) is 34.6 Å². The molecule has 1 spiro atoms. The van der Waals surface area contributed by atoms with Crippen LogP contribution in [0.15, 0.2) is 83.1 Å². The first-order chi connectivity index (χ1) is 14.9. The number of allylic oxidation sites excluding steroid dienone is 2. The van der Waals surface area contributed by atoms with Crippen molar-refractivity contribution in [1.82, 2.24) is 0 Å². The van der Waals surface area contributed by atoms with E-state index in [-0.39, 0.29) is 22.5 Å². The molecule has 0 bridgehead atoms. The highest BCUT2D eigenvalue weighted by atomic mass is 35.5. The number of ketones is 1. The SMILES string of the molecule is CC(C)(C)C1=CC2(C=C(C(C)(C)C)C1=O)ON=C(c1ccccc1Cl)C2c1ccccc1. The lowest BCUT2D eigenvalue weighted by Gasteiger charge is -2.38. The number of carbonyl (C=O) groups excluding carboxylic acids is 1. The van der Waals surface area contributed by atoms with Crippen molar-refractivity contribution >= 4 is 23.1 Å². The maximum atomic E-state index is 13.6. The fourth-order valence-electron chi connectivity index (χ4n) is 4.49. The maximum absolute atomic E-state index is 13.6. The molecule has 166 valence electrons. The van der Waals surface area contributed by atoms with E-state index < -0.39 is 5.60 Å². The van der Waals surface area contributed by atoms with Crippen LogP contribution in [0.5, 0.6) is 0 Å². The minimum Gasteiger partial charge on any atom is -0.379 e. The van der Waals surface area contributed by atoms with E-state index in [9.17, 15) is 4.79 Å². The van der Waals surface area contributed by atoms with Gasteiger partial charge in [0.1, 0.15) is 5.71 Å². The van der Waals surface area contributed by atoms with Crippen molar-refractivity contribution in [1.29, 1.82) is 0 Å². The Hall–Kier alpha value is -2.65. The summed E-state index contributed by atoms with van der Waals surface area (Å²) >= 11 is 6.59. The number of halogens is 1. The van der Waals surface area contributed by atoms with Crippen LogP contribution in [0.25, 0.3) is 0 Å². The third-order valence-electron chi connectivity index (χ3n) is 6.15. The number of hydrogen-bond acceptors (Lipinski definition) is 3. The highest BCUT2D eigenvalue weighted by Crippen LogP contribution is 2.50. The number of hydrogen-bond donors (Lipinski definition) is 0. The van der Waals surface area contributed by atoms with Gasteiger partial charge in [0, 0.05) is 21.7 Å². The minimum atomic E-state index is -0.908. The second-order valence-electron chi connectivity index (χ2n) is 10.7. The molecule has 4 rings (SSSR count). The van der Waals surface area contributed by atoms with Gasteiger partial charge in [-0.15, -0.1) is 0 Å². The predicted octanol–water partition coefficient (Wildman–Crippen LogP) is 7.12. The number of rotatable bonds is 2. The van der Waals surface area contributed by atoms with Gasteiger partial charge in [-0.1, -0.05) is 107 Å². The molecule has 2 aliphatic rings. The summed E-state index contributed by atoms with van der Waals surface area (Å²) in [6.07, 6.45) is 3.99. The fourth-order valence-corrected chi connectivity index (χ4v) is 4.72. The number of Topliss-reactive ketones (excluding diaryl/α,β-unsaturated/α-hetero) is 1. The summed E-state index contributed by atoms with van der Waals surface area (Å²) in [7, 11) is 0. The Kier molecular flexibility index (Phi) is 5.45. The Bertz CT molecular complexity index is 1110. The Morgan fingerprint density at radius 2 is 1.38 bits per heavy atom. The van der Waals surface area contributed by atoms with Crippen molar-refractivity contribution in [2.75, 3.05) is 0 Å². The summed E-state index contributed by atoms with van der Waals surface area (Å²) in [6.45, 7) is 12.4. The standard InChI is InChI=1S/C28H30ClNO2/c1-26(2,3)20-16-28(17-21(25(20)31)27(4,5)6)23(18-12-8-7-9-13-18)24(30-32-28)19-14-10-11-15-22(19)29/h7-17,23H,1-6H3. The first kappa shape index (κ1) is 22.5. The van der Waals surface area contributed by atoms with Gasteiger partial charge in [-0.25, -0.2) is 0 Å². The number of carbonyl (C=O) groups is 1.